The van der Waals surface area contributed by atoms with Crippen molar-refractivity contribution in [2.24, 2.45) is 0 Å². The molecule has 0 aromatic heterocycles. The molecule has 114 valence electrons. The van der Waals surface area contributed by atoms with Gasteiger partial charge in [0.05, 0.1) is 6.61 Å². The number of hydrogen-bond acceptors (Lipinski definition) is 3. The highest BCUT2D eigenvalue weighted by atomic mass is 32.2. The van der Waals surface area contributed by atoms with Gasteiger partial charge in [-0.2, -0.15) is 13.2 Å². The summed E-state index contributed by atoms with van der Waals surface area (Å²) in [6, 6.07) is 8.00. The zero-order valence-corrected chi connectivity index (χ0v) is 12.3. The lowest BCUT2D eigenvalue weighted by molar-refractivity contribution is -0.172. The van der Waals surface area contributed by atoms with E-state index in [0.717, 1.165) is 24.4 Å². The first-order chi connectivity index (χ1) is 9.51. The van der Waals surface area contributed by atoms with Crippen LogP contribution in [-0.2, 0) is 11.3 Å². The lowest BCUT2D eigenvalue weighted by atomic mass is 10.2. The van der Waals surface area contributed by atoms with E-state index in [-0.39, 0.29) is 6.61 Å². The molecule has 1 aromatic carbocycles. The summed E-state index contributed by atoms with van der Waals surface area (Å²) in [5.74, 6) is 0.516. The first-order valence-electron chi connectivity index (χ1n) is 6.58. The van der Waals surface area contributed by atoms with Crippen molar-refractivity contribution in [3.05, 3.63) is 29.8 Å². The highest BCUT2D eigenvalue weighted by Crippen LogP contribution is 2.20. The van der Waals surface area contributed by atoms with Crippen LogP contribution in [-0.4, -0.2) is 31.7 Å². The van der Waals surface area contributed by atoms with Gasteiger partial charge in [-0.05, 0) is 30.7 Å². The minimum Gasteiger partial charge on any atom is -0.371 e. The Morgan fingerprint density at radius 3 is 2.80 bits per heavy atom. The Balaban J connectivity index is 2.24. The maximum absolute atomic E-state index is 11.9. The lowest BCUT2D eigenvalue weighted by Crippen LogP contribution is -2.17. The average Bonchev–Trinajstić information content (AvgIpc) is 2.38. The van der Waals surface area contributed by atoms with E-state index in [1.54, 1.807) is 0 Å². The maximum atomic E-state index is 11.9. The topological polar surface area (TPSA) is 21.3 Å². The van der Waals surface area contributed by atoms with Gasteiger partial charge >= 0.3 is 6.18 Å². The fourth-order valence-corrected chi connectivity index (χ4v) is 2.41. The second-order valence-corrected chi connectivity index (χ2v) is 5.51. The van der Waals surface area contributed by atoms with Crippen molar-refractivity contribution in [2.45, 2.75) is 31.0 Å². The molecule has 20 heavy (non-hydrogen) atoms. The molecular formula is C14H20F3NOS. The second kappa shape index (κ2) is 9.26. The third-order valence-corrected chi connectivity index (χ3v) is 3.37. The first kappa shape index (κ1) is 17.3. The van der Waals surface area contributed by atoms with Crippen LogP contribution >= 0.6 is 11.8 Å². The maximum Gasteiger partial charge on any atom is 0.411 e. The molecule has 0 heterocycles. The summed E-state index contributed by atoms with van der Waals surface area (Å²) in [7, 11) is 0. The van der Waals surface area contributed by atoms with E-state index in [1.165, 1.54) is 17.3 Å². The van der Waals surface area contributed by atoms with Gasteiger partial charge < -0.3 is 10.1 Å². The normalized spacial score (nSPS) is 11.8. The molecule has 0 amide bonds. The molecule has 1 rings (SSSR count). The number of benzene rings is 1. The third kappa shape index (κ3) is 8.45. The zero-order valence-electron chi connectivity index (χ0n) is 11.5. The van der Waals surface area contributed by atoms with Crippen LogP contribution in [0.4, 0.5) is 13.2 Å². The van der Waals surface area contributed by atoms with Crippen LogP contribution in [0.2, 0.25) is 0 Å². The highest BCUT2D eigenvalue weighted by molar-refractivity contribution is 7.99. The molecule has 0 saturated heterocycles. The lowest BCUT2D eigenvalue weighted by Gasteiger charge is -2.08. The molecule has 2 nitrogen and oxygen atoms in total. The van der Waals surface area contributed by atoms with Crippen LogP contribution < -0.4 is 5.32 Å². The van der Waals surface area contributed by atoms with Gasteiger partial charge in [0.25, 0.3) is 0 Å². The highest BCUT2D eigenvalue weighted by Gasteiger charge is 2.27. The van der Waals surface area contributed by atoms with Crippen LogP contribution in [0.25, 0.3) is 0 Å². The van der Waals surface area contributed by atoms with Crippen molar-refractivity contribution in [1.82, 2.24) is 5.32 Å². The largest absolute Gasteiger partial charge is 0.411 e. The molecule has 0 bridgehead atoms. The van der Waals surface area contributed by atoms with E-state index < -0.39 is 12.8 Å². The number of hydrogen-bond donors (Lipinski definition) is 1. The third-order valence-electron chi connectivity index (χ3n) is 2.42. The van der Waals surface area contributed by atoms with Gasteiger partial charge in [0.2, 0.25) is 0 Å². The molecule has 1 N–H and O–H groups in total. The van der Waals surface area contributed by atoms with E-state index in [4.69, 9.17) is 0 Å². The molecule has 0 aliphatic heterocycles. The SMILES string of the molecule is CCCNCc1cccc(SCCOCC(F)(F)F)c1. The standard InChI is InChI=1S/C14H20F3NOS/c1-2-6-18-10-12-4-3-5-13(9-12)20-8-7-19-11-14(15,16)17/h3-5,9,18H,2,6-8,10-11H2,1H3. The second-order valence-electron chi connectivity index (χ2n) is 4.34. The Kier molecular flexibility index (Phi) is 8.02. The first-order valence-corrected chi connectivity index (χ1v) is 7.57. The Labute approximate surface area is 122 Å². The number of rotatable bonds is 9. The van der Waals surface area contributed by atoms with Gasteiger partial charge in [-0.1, -0.05) is 19.1 Å². The summed E-state index contributed by atoms with van der Waals surface area (Å²) < 4.78 is 40.2. The van der Waals surface area contributed by atoms with E-state index >= 15 is 0 Å². The van der Waals surface area contributed by atoms with Crippen LogP contribution in [0.5, 0.6) is 0 Å². The van der Waals surface area contributed by atoms with Crippen molar-refractivity contribution in [1.29, 1.82) is 0 Å². The summed E-state index contributed by atoms with van der Waals surface area (Å²) in [5, 5.41) is 3.31. The quantitative estimate of drug-likeness (QED) is 0.553. The van der Waals surface area contributed by atoms with Crippen molar-refractivity contribution in [3.8, 4) is 0 Å². The van der Waals surface area contributed by atoms with Gasteiger partial charge in [0.1, 0.15) is 6.61 Å². The Morgan fingerprint density at radius 2 is 2.10 bits per heavy atom. The molecule has 0 fully saturated rings. The number of halogens is 3. The predicted octanol–water partition coefficient (Wildman–Crippen LogP) is 3.86. The Bertz CT molecular complexity index is 385. The summed E-state index contributed by atoms with van der Waals surface area (Å²) in [6.07, 6.45) is -3.15. The summed E-state index contributed by atoms with van der Waals surface area (Å²) in [5.41, 5.74) is 1.18. The van der Waals surface area contributed by atoms with Crippen molar-refractivity contribution >= 4 is 11.8 Å². The summed E-state index contributed by atoms with van der Waals surface area (Å²) in [6.45, 7) is 2.83. The van der Waals surface area contributed by atoms with Crippen molar-refractivity contribution in [3.63, 3.8) is 0 Å². The summed E-state index contributed by atoms with van der Waals surface area (Å²) in [4.78, 5) is 1.05. The van der Waals surface area contributed by atoms with E-state index in [1.807, 2.05) is 18.2 Å². The van der Waals surface area contributed by atoms with Crippen LogP contribution in [0.15, 0.2) is 29.2 Å². The van der Waals surface area contributed by atoms with Crippen molar-refractivity contribution in [2.75, 3.05) is 25.5 Å². The summed E-state index contributed by atoms with van der Waals surface area (Å²) >= 11 is 1.50. The number of alkyl halides is 3. The smallest absolute Gasteiger partial charge is 0.371 e. The molecule has 0 aliphatic carbocycles. The Morgan fingerprint density at radius 1 is 1.30 bits per heavy atom. The Hall–Kier alpha value is -0.720. The number of thioether (sulfide) groups is 1. The molecule has 0 atom stereocenters. The number of nitrogens with one attached hydrogen (secondary N) is 1. The van der Waals surface area contributed by atoms with Gasteiger partial charge in [-0.15, -0.1) is 11.8 Å². The molecule has 0 aliphatic rings. The van der Waals surface area contributed by atoms with Gasteiger partial charge in [-0.3, -0.25) is 0 Å². The predicted molar refractivity (Wildman–Crippen MR) is 76.0 cm³/mol. The van der Waals surface area contributed by atoms with Crippen LogP contribution in [0.3, 0.4) is 0 Å². The fourth-order valence-electron chi connectivity index (χ4n) is 1.56. The molecule has 0 radical (unpaired) electrons. The number of ether oxygens (including phenoxy) is 1. The molecule has 0 saturated carbocycles. The van der Waals surface area contributed by atoms with E-state index in [0.29, 0.717) is 5.75 Å². The molecular weight excluding hydrogens is 287 g/mol. The molecule has 1 aromatic rings. The monoisotopic (exact) mass is 307 g/mol. The minimum atomic E-state index is -4.24. The van der Waals surface area contributed by atoms with Crippen molar-refractivity contribution < 1.29 is 17.9 Å². The zero-order chi connectivity index (χ0) is 14.8. The average molecular weight is 307 g/mol. The molecule has 6 heteroatoms. The fraction of sp³-hybridized carbons (Fsp3) is 0.571. The van der Waals surface area contributed by atoms with Gasteiger partial charge in [0, 0.05) is 17.2 Å². The van der Waals surface area contributed by atoms with Gasteiger partial charge in [-0.25, -0.2) is 0 Å². The molecule has 0 spiro atoms. The minimum absolute atomic E-state index is 0.0997. The van der Waals surface area contributed by atoms with Crippen LogP contribution in [0, 0.1) is 0 Å². The van der Waals surface area contributed by atoms with Gasteiger partial charge in [0.15, 0.2) is 0 Å². The molecule has 0 unspecified atom stereocenters. The van der Waals surface area contributed by atoms with E-state index in [9.17, 15) is 13.2 Å². The van der Waals surface area contributed by atoms with Crippen LogP contribution in [0.1, 0.15) is 18.9 Å². The van der Waals surface area contributed by atoms with E-state index in [2.05, 4.69) is 23.0 Å².